The SMILES string of the molecule is O=C(NCCCc1ccc(-c2ccccc2F)cc1)C(F)(F)c1ccccc1. The second-order valence-electron chi connectivity index (χ2n) is 6.48. The molecule has 28 heavy (non-hydrogen) atoms. The van der Waals surface area contributed by atoms with Gasteiger partial charge in [0.25, 0.3) is 5.91 Å². The largest absolute Gasteiger partial charge is 0.351 e. The van der Waals surface area contributed by atoms with Crippen LogP contribution in [0.15, 0.2) is 78.9 Å². The third-order valence-corrected chi connectivity index (χ3v) is 4.49. The van der Waals surface area contributed by atoms with Crippen molar-refractivity contribution < 1.29 is 18.0 Å². The molecule has 2 nitrogen and oxygen atoms in total. The summed E-state index contributed by atoms with van der Waals surface area (Å²) in [7, 11) is 0. The summed E-state index contributed by atoms with van der Waals surface area (Å²) < 4.78 is 42.0. The summed E-state index contributed by atoms with van der Waals surface area (Å²) in [5.74, 6) is -5.13. The minimum absolute atomic E-state index is 0.149. The van der Waals surface area contributed by atoms with Crippen molar-refractivity contribution in [3.63, 3.8) is 0 Å². The molecule has 3 rings (SSSR count). The predicted molar refractivity (Wildman–Crippen MR) is 104 cm³/mol. The van der Waals surface area contributed by atoms with E-state index in [1.165, 1.54) is 30.3 Å². The first kappa shape index (κ1) is 19.7. The van der Waals surface area contributed by atoms with E-state index >= 15 is 0 Å². The van der Waals surface area contributed by atoms with Crippen LogP contribution in [0.4, 0.5) is 13.2 Å². The minimum Gasteiger partial charge on any atom is -0.351 e. The Morgan fingerprint density at radius 1 is 0.857 bits per heavy atom. The molecule has 3 aromatic carbocycles. The Kier molecular flexibility index (Phi) is 6.14. The third-order valence-electron chi connectivity index (χ3n) is 4.49. The lowest BCUT2D eigenvalue weighted by molar-refractivity contribution is -0.146. The normalized spacial score (nSPS) is 11.2. The average molecular weight is 383 g/mol. The van der Waals surface area contributed by atoms with Crippen molar-refractivity contribution in [3.8, 4) is 11.1 Å². The first-order valence-corrected chi connectivity index (χ1v) is 9.04. The van der Waals surface area contributed by atoms with Crippen LogP contribution in [0.2, 0.25) is 0 Å². The maximum Gasteiger partial charge on any atom is 0.349 e. The fourth-order valence-corrected chi connectivity index (χ4v) is 2.93. The van der Waals surface area contributed by atoms with Crippen LogP contribution in [0.5, 0.6) is 0 Å². The van der Waals surface area contributed by atoms with E-state index in [9.17, 15) is 18.0 Å². The molecule has 0 atom stereocenters. The second kappa shape index (κ2) is 8.74. The highest BCUT2D eigenvalue weighted by Gasteiger charge is 2.40. The van der Waals surface area contributed by atoms with Gasteiger partial charge in [-0.1, -0.05) is 72.8 Å². The van der Waals surface area contributed by atoms with Gasteiger partial charge in [-0.2, -0.15) is 8.78 Å². The molecule has 0 saturated carbocycles. The molecule has 144 valence electrons. The molecule has 0 aliphatic carbocycles. The number of hydrogen-bond acceptors (Lipinski definition) is 1. The summed E-state index contributed by atoms with van der Waals surface area (Å²) in [6.07, 6.45) is 1.14. The van der Waals surface area contributed by atoms with Gasteiger partial charge in [0.1, 0.15) is 5.82 Å². The highest BCUT2D eigenvalue weighted by Crippen LogP contribution is 2.27. The second-order valence-corrected chi connectivity index (χ2v) is 6.48. The molecule has 0 fully saturated rings. The molecule has 0 aromatic heterocycles. The fraction of sp³-hybridized carbons (Fsp3) is 0.174. The first-order valence-electron chi connectivity index (χ1n) is 9.04. The van der Waals surface area contributed by atoms with Crippen molar-refractivity contribution in [1.82, 2.24) is 5.32 Å². The number of hydrogen-bond donors (Lipinski definition) is 1. The number of alkyl halides is 2. The maximum atomic E-state index is 14.1. The zero-order chi connectivity index (χ0) is 20.0. The van der Waals surface area contributed by atoms with Gasteiger partial charge < -0.3 is 5.32 Å². The molecule has 0 saturated heterocycles. The van der Waals surface area contributed by atoms with Gasteiger partial charge in [0.2, 0.25) is 0 Å². The quantitative estimate of drug-likeness (QED) is 0.549. The van der Waals surface area contributed by atoms with Crippen LogP contribution in [0, 0.1) is 5.82 Å². The van der Waals surface area contributed by atoms with Crippen molar-refractivity contribution in [2.45, 2.75) is 18.8 Å². The van der Waals surface area contributed by atoms with E-state index in [1.54, 1.807) is 24.3 Å². The highest BCUT2D eigenvalue weighted by molar-refractivity contribution is 5.84. The molecule has 0 aliphatic heterocycles. The summed E-state index contributed by atoms with van der Waals surface area (Å²) in [6.45, 7) is 0.149. The van der Waals surface area contributed by atoms with Crippen LogP contribution in [-0.2, 0) is 17.1 Å². The number of amides is 1. The monoisotopic (exact) mass is 383 g/mol. The zero-order valence-electron chi connectivity index (χ0n) is 15.2. The Labute approximate surface area is 162 Å². The molecule has 1 amide bonds. The van der Waals surface area contributed by atoms with Crippen LogP contribution in [0.3, 0.4) is 0 Å². The minimum atomic E-state index is -3.55. The predicted octanol–water partition coefficient (Wildman–Crippen LogP) is 5.33. The van der Waals surface area contributed by atoms with Gasteiger partial charge in [0.05, 0.1) is 0 Å². The van der Waals surface area contributed by atoms with Crippen LogP contribution in [0.25, 0.3) is 11.1 Å². The highest BCUT2D eigenvalue weighted by atomic mass is 19.3. The van der Waals surface area contributed by atoms with Crippen LogP contribution in [-0.4, -0.2) is 12.5 Å². The number of aryl methyl sites for hydroxylation is 1. The van der Waals surface area contributed by atoms with E-state index < -0.39 is 11.8 Å². The van der Waals surface area contributed by atoms with Crippen LogP contribution < -0.4 is 5.32 Å². The summed E-state index contributed by atoms with van der Waals surface area (Å²) >= 11 is 0. The lowest BCUT2D eigenvalue weighted by Crippen LogP contribution is -2.38. The summed E-state index contributed by atoms with van der Waals surface area (Å²) in [6, 6.07) is 21.0. The lowest BCUT2D eigenvalue weighted by atomic mass is 10.0. The summed E-state index contributed by atoms with van der Waals surface area (Å²) in [5.41, 5.74) is 1.97. The van der Waals surface area contributed by atoms with Crippen LogP contribution >= 0.6 is 0 Å². The molecule has 0 heterocycles. The Balaban J connectivity index is 1.50. The van der Waals surface area contributed by atoms with Gasteiger partial charge in [-0.05, 0) is 30.0 Å². The number of carbonyl (C=O) groups excluding carboxylic acids is 1. The molecule has 0 unspecified atom stereocenters. The number of halogens is 3. The molecule has 0 radical (unpaired) electrons. The number of rotatable bonds is 7. The Hall–Kier alpha value is -3.08. The van der Waals surface area contributed by atoms with Gasteiger partial charge in [-0.15, -0.1) is 0 Å². The summed E-state index contributed by atoms with van der Waals surface area (Å²) in [5, 5.41) is 2.30. The van der Waals surface area contributed by atoms with Gasteiger partial charge in [-0.25, -0.2) is 4.39 Å². The third kappa shape index (κ3) is 4.60. The Bertz CT molecular complexity index is 924. The van der Waals surface area contributed by atoms with Crippen molar-refractivity contribution >= 4 is 5.91 Å². The Morgan fingerprint density at radius 3 is 2.18 bits per heavy atom. The van der Waals surface area contributed by atoms with E-state index in [2.05, 4.69) is 5.32 Å². The number of carbonyl (C=O) groups is 1. The van der Waals surface area contributed by atoms with Crippen molar-refractivity contribution in [1.29, 1.82) is 0 Å². The topological polar surface area (TPSA) is 29.1 Å². The van der Waals surface area contributed by atoms with Crippen LogP contribution in [0.1, 0.15) is 17.5 Å². The van der Waals surface area contributed by atoms with Gasteiger partial charge in [-0.3, -0.25) is 4.79 Å². The van der Waals surface area contributed by atoms with E-state index in [1.807, 2.05) is 24.3 Å². The summed E-state index contributed by atoms with van der Waals surface area (Å²) in [4.78, 5) is 11.8. The van der Waals surface area contributed by atoms with E-state index in [-0.39, 0.29) is 17.9 Å². The number of nitrogens with one attached hydrogen (secondary N) is 1. The molecule has 0 spiro atoms. The molecule has 0 bridgehead atoms. The number of benzene rings is 3. The standard InChI is InChI=1S/C23H20F3NO/c24-21-11-5-4-10-20(21)18-14-12-17(13-15-18)7-6-16-27-22(28)23(25,26)19-8-2-1-3-9-19/h1-5,8-15H,6-7,16H2,(H,27,28). The molecule has 1 N–H and O–H groups in total. The Morgan fingerprint density at radius 2 is 1.50 bits per heavy atom. The van der Waals surface area contributed by atoms with E-state index in [4.69, 9.17) is 0 Å². The van der Waals surface area contributed by atoms with E-state index in [0.717, 1.165) is 11.1 Å². The molecular weight excluding hydrogens is 363 g/mol. The van der Waals surface area contributed by atoms with Gasteiger partial charge in [0, 0.05) is 17.7 Å². The molecule has 0 aliphatic rings. The van der Waals surface area contributed by atoms with Crippen molar-refractivity contribution in [2.75, 3.05) is 6.54 Å². The van der Waals surface area contributed by atoms with Crippen molar-refractivity contribution in [3.05, 3.63) is 95.8 Å². The molecule has 3 aromatic rings. The average Bonchev–Trinajstić information content (AvgIpc) is 2.72. The first-order chi connectivity index (χ1) is 13.5. The van der Waals surface area contributed by atoms with E-state index in [0.29, 0.717) is 18.4 Å². The van der Waals surface area contributed by atoms with Crippen molar-refractivity contribution in [2.24, 2.45) is 0 Å². The zero-order valence-corrected chi connectivity index (χ0v) is 15.2. The molecule has 5 heteroatoms. The lowest BCUT2D eigenvalue weighted by Gasteiger charge is -2.16. The van der Waals surface area contributed by atoms with Gasteiger partial charge in [0.15, 0.2) is 0 Å². The molecular formula is C23H20F3NO. The van der Waals surface area contributed by atoms with Gasteiger partial charge >= 0.3 is 5.92 Å². The smallest absolute Gasteiger partial charge is 0.349 e. The maximum absolute atomic E-state index is 14.1. The fourth-order valence-electron chi connectivity index (χ4n) is 2.93.